The summed E-state index contributed by atoms with van der Waals surface area (Å²) in [6, 6.07) is 13.3. The fraction of sp³-hybridized carbons (Fsp3) is 0.333. The summed E-state index contributed by atoms with van der Waals surface area (Å²) in [7, 11) is 9.01. The highest BCUT2D eigenvalue weighted by Crippen LogP contribution is 2.41. The summed E-state index contributed by atoms with van der Waals surface area (Å²) in [5.41, 5.74) is 2.71. The Hall–Kier alpha value is -4.60. The van der Waals surface area contributed by atoms with Crippen molar-refractivity contribution < 1.29 is 42.7 Å². The van der Waals surface area contributed by atoms with E-state index in [4.69, 9.17) is 33.2 Å². The van der Waals surface area contributed by atoms with Gasteiger partial charge in [-0.3, -0.25) is 4.79 Å². The van der Waals surface area contributed by atoms with Gasteiger partial charge < -0.3 is 38.1 Å². The van der Waals surface area contributed by atoms with E-state index in [0.29, 0.717) is 58.6 Å². The molecule has 0 radical (unpaired) electrons. The zero-order valence-electron chi connectivity index (χ0n) is 23.4. The smallest absolute Gasteiger partial charge is 0.337 e. The van der Waals surface area contributed by atoms with Crippen molar-refractivity contribution in [2.24, 2.45) is 0 Å². The highest BCUT2D eigenvalue weighted by molar-refractivity contribution is 5.96. The van der Waals surface area contributed by atoms with Crippen LogP contribution in [0.15, 0.2) is 48.5 Å². The fourth-order valence-electron chi connectivity index (χ4n) is 4.80. The van der Waals surface area contributed by atoms with E-state index >= 15 is 0 Å². The maximum absolute atomic E-state index is 14.0. The van der Waals surface area contributed by atoms with E-state index in [9.17, 15) is 9.59 Å². The summed E-state index contributed by atoms with van der Waals surface area (Å²) in [6.45, 7) is 0.587. The predicted molar refractivity (Wildman–Crippen MR) is 146 cm³/mol. The van der Waals surface area contributed by atoms with Crippen molar-refractivity contribution in [1.82, 2.24) is 4.90 Å². The van der Waals surface area contributed by atoms with Gasteiger partial charge in [-0.15, -0.1) is 0 Å². The molecule has 0 saturated heterocycles. The number of carbonyl (C=O) groups is 2. The lowest BCUT2D eigenvalue weighted by Crippen LogP contribution is -2.42. The summed E-state index contributed by atoms with van der Waals surface area (Å²) in [4.78, 5) is 27.6. The standard InChI is InChI=1S/C30H33NO9/c1-34-24-13-19-11-12-31(29(32)20-14-26(36-3)28(38-5)27(15-20)37-4)23(22(19)16-25(24)35-2)17-40-21-9-7-18(8-10-21)30(33)39-6/h7-10,13-16,23H,11-12,17H2,1-6H3/t23-/m0/s1. The molecule has 10 heteroatoms. The molecule has 3 aromatic rings. The van der Waals surface area contributed by atoms with Crippen molar-refractivity contribution in [3.63, 3.8) is 0 Å². The molecule has 0 bridgehead atoms. The van der Waals surface area contributed by atoms with E-state index in [1.54, 1.807) is 55.5 Å². The number of hydrogen-bond donors (Lipinski definition) is 0. The van der Waals surface area contributed by atoms with Gasteiger partial charge in [0, 0.05) is 12.1 Å². The number of fused-ring (bicyclic) bond motifs is 1. The lowest BCUT2D eigenvalue weighted by molar-refractivity contribution is 0.0582. The first-order valence-electron chi connectivity index (χ1n) is 12.6. The number of amides is 1. The third-order valence-corrected chi connectivity index (χ3v) is 6.86. The highest BCUT2D eigenvalue weighted by atomic mass is 16.5. The SMILES string of the molecule is COC(=O)c1ccc(OC[C@H]2c3cc(OC)c(OC)cc3CCN2C(=O)c2cc(OC)c(OC)c(OC)c2)cc1. The Morgan fingerprint density at radius 1 is 0.750 bits per heavy atom. The van der Waals surface area contributed by atoms with Gasteiger partial charge >= 0.3 is 5.97 Å². The van der Waals surface area contributed by atoms with Crippen LogP contribution >= 0.6 is 0 Å². The second kappa shape index (κ2) is 12.5. The van der Waals surface area contributed by atoms with Crippen LogP contribution < -0.4 is 28.4 Å². The summed E-state index contributed by atoms with van der Waals surface area (Å²) in [5, 5.41) is 0. The van der Waals surface area contributed by atoms with E-state index in [-0.39, 0.29) is 12.5 Å². The summed E-state index contributed by atoms with van der Waals surface area (Å²) < 4.78 is 38.4. The molecule has 0 unspecified atom stereocenters. The Balaban J connectivity index is 1.72. The topological polar surface area (TPSA) is 102 Å². The molecule has 1 aliphatic rings. The quantitative estimate of drug-likeness (QED) is 0.341. The molecule has 3 aromatic carbocycles. The number of hydrogen-bond acceptors (Lipinski definition) is 9. The Morgan fingerprint density at radius 2 is 1.35 bits per heavy atom. The summed E-state index contributed by atoms with van der Waals surface area (Å²) in [6.07, 6.45) is 0.607. The molecule has 0 aliphatic carbocycles. The maximum atomic E-state index is 14.0. The van der Waals surface area contributed by atoms with Gasteiger partial charge in [-0.25, -0.2) is 4.79 Å². The second-order valence-electron chi connectivity index (χ2n) is 8.91. The number of methoxy groups -OCH3 is 6. The van der Waals surface area contributed by atoms with Crippen LogP contribution in [0.4, 0.5) is 0 Å². The van der Waals surface area contributed by atoms with Crippen molar-refractivity contribution >= 4 is 11.9 Å². The van der Waals surface area contributed by atoms with E-state index in [1.807, 2.05) is 12.1 Å². The van der Waals surface area contributed by atoms with Gasteiger partial charge in [0.25, 0.3) is 5.91 Å². The molecule has 1 heterocycles. The van der Waals surface area contributed by atoms with Crippen molar-refractivity contribution in [1.29, 1.82) is 0 Å². The van der Waals surface area contributed by atoms with Gasteiger partial charge in [0.1, 0.15) is 12.4 Å². The van der Waals surface area contributed by atoms with E-state index in [0.717, 1.165) is 11.1 Å². The number of rotatable bonds is 10. The normalized spacial score (nSPS) is 14.1. The molecule has 0 saturated carbocycles. The van der Waals surface area contributed by atoms with Gasteiger partial charge in [-0.1, -0.05) is 0 Å². The average Bonchev–Trinajstić information content (AvgIpc) is 3.01. The molecule has 0 aromatic heterocycles. The van der Waals surface area contributed by atoms with Gasteiger partial charge in [0.15, 0.2) is 23.0 Å². The highest BCUT2D eigenvalue weighted by Gasteiger charge is 2.34. The maximum Gasteiger partial charge on any atom is 0.337 e. The summed E-state index contributed by atoms with van der Waals surface area (Å²) >= 11 is 0. The second-order valence-corrected chi connectivity index (χ2v) is 8.91. The minimum Gasteiger partial charge on any atom is -0.493 e. The molecule has 1 aliphatic heterocycles. The Morgan fingerprint density at radius 3 is 1.90 bits per heavy atom. The van der Waals surface area contributed by atoms with Crippen LogP contribution in [0.5, 0.6) is 34.5 Å². The molecule has 4 rings (SSSR count). The first kappa shape index (κ1) is 28.4. The molecular weight excluding hydrogens is 518 g/mol. The van der Waals surface area contributed by atoms with Crippen LogP contribution in [0.25, 0.3) is 0 Å². The molecule has 1 atom stereocenters. The predicted octanol–water partition coefficient (Wildman–Crippen LogP) is 4.33. The Bertz CT molecular complexity index is 1350. The van der Waals surface area contributed by atoms with Gasteiger partial charge in [-0.05, 0) is 66.1 Å². The third kappa shape index (κ3) is 5.56. The lowest BCUT2D eigenvalue weighted by Gasteiger charge is -2.37. The van der Waals surface area contributed by atoms with Crippen LogP contribution in [0.3, 0.4) is 0 Å². The number of carbonyl (C=O) groups excluding carboxylic acids is 2. The molecule has 10 nitrogen and oxygen atoms in total. The van der Waals surface area contributed by atoms with Crippen molar-refractivity contribution in [3.05, 3.63) is 70.8 Å². The Kier molecular flexibility index (Phi) is 8.88. The van der Waals surface area contributed by atoms with Crippen LogP contribution in [0.2, 0.25) is 0 Å². The summed E-state index contributed by atoms with van der Waals surface area (Å²) in [5.74, 6) is 2.21. The number of nitrogens with zero attached hydrogens (tertiary/aromatic N) is 1. The third-order valence-electron chi connectivity index (χ3n) is 6.86. The lowest BCUT2D eigenvalue weighted by atomic mass is 9.91. The fourth-order valence-corrected chi connectivity index (χ4v) is 4.80. The molecular formula is C30H33NO9. The number of benzene rings is 3. The van der Waals surface area contributed by atoms with E-state index < -0.39 is 12.0 Å². The van der Waals surface area contributed by atoms with Crippen LogP contribution in [0, 0.1) is 0 Å². The molecule has 1 amide bonds. The van der Waals surface area contributed by atoms with Crippen LogP contribution in [-0.4, -0.2) is 72.6 Å². The zero-order chi connectivity index (χ0) is 28.8. The van der Waals surface area contributed by atoms with E-state index in [1.165, 1.54) is 28.4 Å². The number of ether oxygens (including phenoxy) is 7. The Labute approximate surface area is 233 Å². The van der Waals surface area contributed by atoms with E-state index in [2.05, 4.69) is 0 Å². The van der Waals surface area contributed by atoms with Gasteiger partial charge in [0.2, 0.25) is 5.75 Å². The molecule has 0 N–H and O–H groups in total. The minimum absolute atomic E-state index is 0.149. The minimum atomic E-state index is -0.463. The average molecular weight is 552 g/mol. The first-order chi connectivity index (χ1) is 19.4. The zero-order valence-corrected chi connectivity index (χ0v) is 23.4. The largest absolute Gasteiger partial charge is 0.493 e. The molecule has 40 heavy (non-hydrogen) atoms. The first-order valence-corrected chi connectivity index (χ1v) is 12.6. The van der Waals surface area contributed by atoms with Crippen molar-refractivity contribution in [2.45, 2.75) is 12.5 Å². The molecule has 0 spiro atoms. The van der Waals surface area contributed by atoms with Gasteiger partial charge in [-0.2, -0.15) is 0 Å². The van der Waals surface area contributed by atoms with Crippen molar-refractivity contribution in [2.75, 3.05) is 55.8 Å². The van der Waals surface area contributed by atoms with Crippen molar-refractivity contribution in [3.8, 4) is 34.5 Å². The molecule has 0 fully saturated rings. The monoisotopic (exact) mass is 551 g/mol. The number of esters is 1. The van der Waals surface area contributed by atoms with Crippen LogP contribution in [0.1, 0.15) is 37.9 Å². The van der Waals surface area contributed by atoms with Crippen LogP contribution in [-0.2, 0) is 11.2 Å². The molecule has 212 valence electrons. The van der Waals surface area contributed by atoms with Gasteiger partial charge in [0.05, 0.1) is 54.3 Å².